The first-order valence-corrected chi connectivity index (χ1v) is 24.5. The Balaban J connectivity index is 0.778. The van der Waals surface area contributed by atoms with Gasteiger partial charge in [0.1, 0.15) is 0 Å². The molecular formula is C68H52N2. The standard InChI is InChI=1S/C68H52N2/c1-44-61-40-47(45-24-30-51(31-25-45)69(49-16-8-6-9-17-49)53-34-38-59-57-20-12-14-22-63(57)67(2,3)65(59)42-53)28-36-55(61)56-37-29-48(41-62(44)56)46-26-32-52(33-27-46)70(50-18-10-7-11-19-50)54-35-39-60-58-21-13-15-23-64(58)68(4,5)66(60)43-54/h6-43H,1H2,2-5H3. The van der Waals surface area contributed by atoms with E-state index in [1.807, 2.05) is 0 Å². The van der Waals surface area contributed by atoms with E-state index in [-0.39, 0.29) is 10.8 Å². The van der Waals surface area contributed by atoms with E-state index in [1.54, 1.807) is 0 Å². The number of hydrogen-bond acceptors (Lipinski definition) is 2. The van der Waals surface area contributed by atoms with Gasteiger partial charge in [0.25, 0.3) is 0 Å². The molecule has 0 fully saturated rings. The van der Waals surface area contributed by atoms with E-state index in [9.17, 15) is 0 Å². The topological polar surface area (TPSA) is 6.48 Å². The van der Waals surface area contributed by atoms with Gasteiger partial charge in [-0.3, -0.25) is 0 Å². The highest BCUT2D eigenvalue weighted by Gasteiger charge is 2.37. The summed E-state index contributed by atoms with van der Waals surface area (Å²) in [4.78, 5) is 4.76. The second-order valence-electron chi connectivity index (χ2n) is 20.2. The summed E-state index contributed by atoms with van der Waals surface area (Å²) < 4.78 is 0. The summed E-state index contributed by atoms with van der Waals surface area (Å²) in [6.45, 7) is 14.1. The Morgan fingerprint density at radius 1 is 0.257 bits per heavy atom. The van der Waals surface area contributed by atoms with E-state index in [4.69, 9.17) is 6.58 Å². The molecule has 0 unspecified atom stereocenters. The van der Waals surface area contributed by atoms with Crippen molar-refractivity contribution in [2.45, 2.75) is 38.5 Å². The molecule has 10 aromatic rings. The Morgan fingerprint density at radius 2 is 0.571 bits per heavy atom. The summed E-state index contributed by atoms with van der Waals surface area (Å²) in [5, 5.41) is 0. The number of rotatable bonds is 8. The zero-order chi connectivity index (χ0) is 47.3. The fraction of sp³-hybridized carbons (Fsp3) is 0.0882. The molecule has 0 radical (unpaired) electrons. The van der Waals surface area contributed by atoms with Crippen molar-refractivity contribution in [1.82, 2.24) is 0 Å². The zero-order valence-electron chi connectivity index (χ0n) is 40.0. The van der Waals surface area contributed by atoms with Crippen LogP contribution in [0, 0.1) is 0 Å². The van der Waals surface area contributed by atoms with Gasteiger partial charge in [-0.25, -0.2) is 0 Å². The maximum Gasteiger partial charge on any atom is 0.0465 e. The molecule has 0 N–H and O–H groups in total. The molecule has 10 aromatic carbocycles. The van der Waals surface area contributed by atoms with Gasteiger partial charge in [-0.2, -0.15) is 0 Å². The molecule has 0 aromatic heterocycles. The summed E-state index contributed by atoms with van der Waals surface area (Å²) in [7, 11) is 0. The van der Waals surface area contributed by atoms with Crippen molar-refractivity contribution in [1.29, 1.82) is 0 Å². The Labute approximate surface area is 412 Å². The number of nitrogens with zero attached hydrogens (tertiary/aromatic N) is 2. The highest BCUT2D eigenvalue weighted by Crippen LogP contribution is 2.53. The number of benzene rings is 10. The SMILES string of the molecule is C=C1c2cc(-c3ccc(N(c4ccccc4)c4ccc5c(c4)C(C)(C)c4ccccc4-5)cc3)ccc2-c2ccc(-c3ccc(N(c4ccccc4)c4ccc5c(c4)C(C)(C)c4ccccc4-5)cc3)cc21. The molecule has 3 aliphatic rings. The van der Waals surface area contributed by atoms with Crippen LogP contribution in [-0.2, 0) is 10.8 Å². The van der Waals surface area contributed by atoms with Gasteiger partial charge in [0.05, 0.1) is 0 Å². The number of para-hydroxylation sites is 2. The Hall–Kier alpha value is -8.46. The van der Waals surface area contributed by atoms with Gasteiger partial charge in [0.2, 0.25) is 0 Å². The average molecular weight is 897 g/mol. The minimum absolute atomic E-state index is 0.0832. The van der Waals surface area contributed by atoms with Crippen LogP contribution in [0.3, 0.4) is 0 Å². The van der Waals surface area contributed by atoms with Crippen LogP contribution in [0.4, 0.5) is 34.1 Å². The molecule has 0 aliphatic heterocycles. The van der Waals surface area contributed by atoms with Crippen LogP contribution >= 0.6 is 0 Å². The van der Waals surface area contributed by atoms with Crippen LogP contribution in [0.25, 0.3) is 61.2 Å². The Morgan fingerprint density at radius 3 is 0.986 bits per heavy atom. The fourth-order valence-electron chi connectivity index (χ4n) is 11.9. The highest BCUT2D eigenvalue weighted by atomic mass is 15.1. The summed E-state index contributed by atoms with van der Waals surface area (Å²) in [5.41, 5.74) is 28.1. The van der Waals surface area contributed by atoms with Crippen LogP contribution in [0.5, 0.6) is 0 Å². The first-order chi connectivity index (χ1) is 34.1. The Kier molecular flexibility index (Phi) is 9.41. The van der Waals surface area contributed by atoms with Gasteiger partial charge in [0, 0.05) is 45.0 Å². The zero-order valence-corrected chi connectivity index (χ0v) is 40.0. The molecule has 0 heterocycles. The number of fused-ring (bicyclic) bond motifs is 9. The second-order valence-corrected chi connectivity index (χ2v) is 20.2. The van der Waals surface area contributed by atoms with Gasteiger partial charge >= 0.3 is 0 Å². The maximum absolute atomic E-state index is 4.70. The van der Waals surface area contributed by atoms with Crippen molar-refractivity contribution in [3.63, 3.8) is 0 Å². The van der Waals surface area contributed by atoms with Crippen molar-refractivity contribution in [3.05, 3.63) is 270 Å². The average Bonchev–Trinajstić information content (AvgIpc) is 3.91. The first kappa shape index (κ1) is 41.7. The van der Waals surface area contributed by atoms with Gasteiger partial charge in [-0.15, -0.1) is 0 Å². The van der Waals surface area contributed by atoms with E-state index in [1.165, 1.54) is 89.0 Å². The molecule has 0 saturated heterocycles. The van der Waals surface area contributed by atoms with Crippen molar-refractivity contribution >= 4 is 39.7 Å². The van der Waals surface area contributed by atoms with Crippen LogP contribution in [0.1, 0.15) is 61.1 Å². The molecule has 334 valence electrons. The van der Waals surface area contributed by atoms with Crippen LogP contribution < -0.4 is 9.80 Å². The van der Waals surface area contributed by atoms with Gasteiger partial charge in [-0.05, 0) is 180 Å². The first-order valence-electron chi connectivity index (χ1n) is 24.5. The third-order valence-electron chi connectivity index (χ3n) is 15.6. The lowest BCUT2D eigenvalue weighted by molar-refractivity contribution is 0.660. The number of anilines is 6. The predicted octanol–water partition coefficient (Wildman–Crippen LogP) is 18.6. The molecule has 13 rings (SSSR count). The quantitative estimate of drug-likeness (QED) is 0.150. The molecular weight excluding hydrogens is 845 g/mol. The third kappa shape index (κ3) is 6.47. The second kappa shape index (κ2) is 15.8. The third-order valence-corrected chi connectivity index (χ3v) is 15.6. The van der Waals surface area contributed by atoms with E-state index >= 15 is 0 Å². The van der Waals surface area contributed by atoms with E-state index < -0.39 is 0 Å². The molecule has 2 nitrogen and oxygen atoms in total. The van der Waals surface area contributed by atoms with Gasteiger partial charge in [-0.1, -0.05) is 180 Å². The summed E-state index contributed by atoms with van der Waals surface area (Å²) in [6.07, 6.45) is 0. The molecule has 3 aliphatic carbocycles. The predicted molar refractivity (Wildman–Crippen MR) is 295 cm³/mol. The molecule has 2 heteroatoms. The van der Waals surface area contributed by atoms with Crippen molar-refractivity contribution in [3.8, 4) is 55.6 Å². The van der Waals surface area contributed by atoms with Crippen molar-refractivity contribution in [2.75, 3.05) is 9.80 Å². The minimum Gasteiger partial charge on any atom is -0.310 e. The normalized spacial score (nSPS) is 14.0. The molecule has 0 atom stereocenters. The lowest BCUT2D eigenvalue weighted by Gasteiger charge is -2.28. The summed E-state index contributed by atoms with van der Waals surface area (Å²) in [5.74, 6) is 0. The summed E-state index contributed by atoms with van der Waals surface area (Å²) >= 11 is 0. The van der Waals surface area contributed by atoms with E-state index in [2.05, 4.69) is 268 Å². The van der Waals surface area contributed by atoms with Crippen LogP contribution in [0.15, 0.2) is 237 Å². The summed E-state index contributed by atoms with van der Waals surface area (Å²) in [6, 6.07) is 84.9. The van der Waals surface area contributed by atoms with E-state index in [0.29, 0.717) is 0 Å². The smallest absolute Gasteiger partial charge is 0.0465 e. The van der Waals surface area contributed by atoms with Gasteiger partial charge in [0.15, 0.2) is 0 Å². The minimum atomic E-state index is -0.0832. The van der Waals surface area contributed by atoms with Crippen LogP contribution in [0.2, 0.25) is 0 Å². The monoisotopic (exact) mass is 896 g/mol. The lowest BCUT2D eigenvalue weighted by Crippen LogP contribution is -2.16. The molecule has 0 amide bonds. The highest BCUT2D eigenvalue weighted by molar-refractivity contribution is 6.03. The largest absolute Gasteiger partial charge is 0.310 e. The van der Waals surface area contributed by atoms with Crippen molar-refractivity contribution in [2.24, 2.45) is 0 Å². The molecule has 0 spiro atoms. The Bertz CT molecular complexity index is 3460. The fourth-order valence-corrected chi connectivity index (χ4v) is 11.9. The van der Waals surface area contributed by atoms with Crippen molar-refractivity contribution < 1.29 is 0 Å². The maximum atomic E-state index is 4.70. The van der Waals surface area contributed by atoms with E-state index in [0.717, 1.165) is 39.7 Å². The lowest BCUT2D eigenvalue weighted by atomic mass is 9.82. The molecule has 0 saturated carbocycles. The molecule has 0 bridgehead atoms. The van der Waals surface area contributed by atoms with Crippen LogP contribution in [-0.4, -0.2) is 0 Å². The molecule has 70 heavy (non-hydrogen) atoms. The van der Waals surface area contributed by atoms with Gasteiger partial charge < -0.3 is 9.80 Å². The number of hydrogen-bond donors (Lipinski definition) is 0.